The largest absolute Gasteiger partial charge is 0.480 e. The summed E-state index contributed by atoms with van der Waals surface area (Å²) in [5, 5.41) is 22.1. The van der Waals surface area contributed by atoms with Crippen LogP contribution >= 0.6 is 0 Å². The van der Waals surface area contributed by atoms with Gasteiger partial charge in [-0.05, 0) is 37.1 Å². The Morgan fingerprint density at radius 1 is 1.22 bits per heavy atom. The third-order valence-corrected chi connectivity index (χ3v) is 2.27. The number of nitrogens with one attached hydrogen (secondary N) is 2. The van der Waals surface area contributed by atoms with Crippen LogP contribution in [0.25, 0.3) is 0 Å². The van der Waals surface area contributed by atoms with Crippen LogP contribution in [-0.4, -0.2) is 34.9 Å². The second kappa shape index (κ2) is 6.02. The molecule has 0 saturated heterocycles. The minimum Gasteiger partial charge on any atom is -0.480 e. The molecule has 1 atom stereocenters. The van der Waals surface area contributed by atoms with Gasteiger partial charge in [-0.2, -0.15) is 0 Å². The van der Waals surface area contributed by atoms with Crippen molar-refractivity contribution < 1.29 is 19.8 Å². The van der Waals surface area contributed by atoms with Crippen LogP contribution in [0.4, 0.5) is 10.5 Å². The van der Waals surface area contributed by atoms with Crippen LogP contribution in [0.2, 0.25) is 0 Å². The molecule has 0 bridgehead atoms. The van der Waals surface area contributed by atoms with E-state index < -0.39 is 24.6 Å². The third kappa shape index (κ3) is 4.06. The molecular formula is C12H16N2O4. The second-order valence-electron chi connectivity index (χ2n) is 4.05. The highest BCUT2D eigenvalue weighted by molar-refractivity contribution is 5.92. The molecule has 0 spiro atoms. The minimum absolute atomic E-state index is 0.576. The molecule has 1 aromatic carbocycles. The number of carboxylic acid groups (broad SMARTS) is 1. The Kier molecular flexibility index (Phi) is 4.67. The van der Waals surface area contributed by atoms with E-state index in [1.54, 1.807) is 12.1 Å². The lowest BCUT2D eigenvalue weighted by molar-refractivity contribution is -0.140. The number of aliphatic hydroxyl groups excluding tert-OH is 1. The van der Waals surface area contributed by atoms with Crippen molar-refractivity contribution in [3.05, 3.63) is 29.3 Å². The Labute approximate surface area is 105 Å². The molecule has 6 nitrogen and oxygen atoms in total. The number of aryl methyl sites for hydroxylation is 2. The van der Waals surface area contributed by atoms with Crippen molar-refractivity contribution in [2.75, 3.05) is 11.9 Å². The Morgan fingerprint density at radius 2 is 1.78 bits per heavy atom. The monoisotopic (exact) mass is 252 g/mol. The molecule has 98 valence electrons. The Hall–Kier alpha value is -2.08. The first-order valence-corrected chi connectivity index (χ1v) is 5.42. The number of carbonyl (C=O) groups excluding carboxylic acids is 1. The Bertz CT molecular complexity index is 439. The van der Waals surface area contributed by atoms with Crippen LogP contribution in [0.3, 0.4) is 0 Å². The maximum absolute atomic E-state index is 11.5. The van der Waals surface area contributed by atoms with Crippen LogP contribution in [0.1, 0.15) is 11.1 Å². The van der Waals surface area contributed by atoms with Gasteiger partial charge in [-0.25, -0.2) is 9.59 Å². The van der Waals surface area contributed by atoms with E-state index in [1.807, 2.05) is 19.9 Å². The fourth-order valence-corrected chi connectivity index (χ4v) is 1.56. The summed E-state index contributed by atoms with van der Waals surface area (Å²) < 4.78 is 0. The molecule has 0 aliphatic rings. The van der Waals surface area contributed by atoms with Gasteiger partial charge in [0.2, 0.25) is 0 Å². The molecule has 0 aromatic heterocycles. The van der Waals surface area contributed by atoms with E-state index in [2.05, 4.69) is 10.6 Å². The number of hydrogen-bond acceptors (Lipinski definition) is 3. The topological polar surface area (TPSA) is 98.7 Å². The lowest BCUT2D eigenvalue weighted by Crippen LogP contribution is -2.45. The summed E-state index contributed by atoms with van der Waals surface area (Å²) in [6, 6.07) is 3.51. The van der Waals surface area contributed by atoms with Gasteiger partial charge in [-0.15, -0.1) is 0 Å². The summed E-state index contributed by atoms with van der Waals surface area (Å²) in [5.74, 6) is -1.28. The van der Waals surface area contributed by atoms with Gasteiger partial charge in [-0.1, -0.05) is 6.07 Å². The van der Waals surface area contributed by atoms with Gasteiger partial charge in [0.15, 0.2) is 6.04 Å². The van der Waals surface area contributed by atoms with E-state index in [0.29, 0.717) is 5.69 Å². The van der Waals surface area contributed by atoms with Gasteiger partial charge in [-0.3, -0.25) is 0 Å². The predicted molar refractivity (Wildman–Crippen MR) is 66.6 cm³/mol. The highest BCUT2D eigenvalue weighted by Crippen LogP contribution is 2.13. The van der Waals surface area contributed by atoms with Gasteiger partial charge >= 0.3 is 12.0 Å². The highest BCUT2D eigenvalue weighted by atomic mass is 16.4. The molecule has 4 N–H and O–H groups in total. The maximum atomic E-state index is 11.5. The molecule has 1 aromatic rings. The quantitative estimate of drug-likeness (QED) is 0.639. The molecule has 0 aliphatic heterocycles. The lowest BCUT2D eigenvalue weighted by Gasteiger charge is -2.13. The normalized spacial score (nSPS) is 11.7. The number of carboxylic acids is 1. The van der Waals surface area contributed by atoms with E-state index in [4.69, 9.17) is 10.2 Å². The molecule has 18 heavy (non-hydrogen) atoms. The molecule has 2 amide bonds. The predicted octanol–water partition coefficient (Wildman–Crippen LogP) is 0.870. The van der Waals surface area contributed by atoms with Crippen molar-refractivity contribution in [2.24, 2.45) is 0 Å². The zero-order valence-electron chi connectivity index (χ0n) is 10.2. The van der Waals surface area contributed by atoms with Crippen LogP contribution in [0, 0.1) is 13.8 Å². The summed E-state index contributed by atoms with van der Waals surface area (Å²) in [5.41, 5.74) is 2.55. The van der Waals surface area contributed by atoms with Crippen LogP contribution in [0.15, 0.2) is 18.2 Å². The fourth-order valence-electron chi connectivity index (χ4n) is 1.56. The SMILES string of the molecule is Cc1cc(C)cc(NC(=O)N[C@@H](CO)C(=O)O)c1. The first kappa shape index (κ1) is 14.0. The van der Waals surface area contributed by atoms with E-state index in [0.717, 1.165) is 11.1 Å². The van der Waals surface area contributed by atoms with Gasteiger partial charge in [0, 0.05) is 5.69 Å². The summed E-state index contributed by atoms with van der Waals surface area (Å²) in [7, 11) is 0. The maximum Gasteiger partial charge on any atom is 0.328 e. The number of amides is 2. The molecule has 0 radical (unpaired) electrons. The number of hydrogen-bond donors (Lipinski definition) is 4. The highest BCUT2D eigenvalue weighted by Gasteiger charge is 2.18. The number of carbonyl (C=O) groups is 2. The first-order valence-electron chi connectivity index (χ1n) is 5.42. The molecular weight excluding hydrogens is 236 g/mol. The molecule has 6 heteroatoms. The molecule has 1 rings (SSSR count). The molecule has 0 saturated carbocycles. The van der Waals surface area contributed by atoms with Crippen molar-refractivity contribution in [3.8, 4) is 0 Å². The third-order valence-electron chi connectivity index (χ3n) is 2.27. The van der Waals surface area contributed by atoms with Gasteiger partial charge < -0.3 is 20.8 Å². The summed E-state index contributed by atoms with van der Waals surface area (Å²) in [6.45, 7) is 3.13. The Balaban J connectivity index is 2.67. The average Bonchev–Trinajstić information content (AvgIpc) is 2.23. The van der Waals surface area contributed by atoms with Gasteiger partial charge in [0.05, 0.1) is 6.61 Å². The van der Waals surface area contributed by atoms with Crippen molar-refractivity contribution in [1.82, 2.24) is 5.32 Å². The summed E-state index contributed by atoms with van der Waals surface area (Å²) >= 11 is 0. The van der Waals surface area contributed by atoms with Gasteiger partial charge in [0.25, 0.3) is 0 Å². The number of urea groups is 1. The molecule has 0 unspecified atom stereocenters. The van der Waals surface area contributed by atoms with E-state index >= 15 is 0 Å². The zero-order chi connectivity index (χ0) is 13.7. The van der Waals surface area contributed by atoms with Crippen LogP contribution < -0.4 is 10.6 Å². The van der Waals surface area contributed by atoms with E-state index in [-0.39, 0.29) is 0 Å². The molecule has 0 heterocycles. The Morgan fingerprint density at radius 3 is 2.22 bits per heavy atom. The number of benzene rings is 1. The lowest BCUT2D eigenvalue weighted by atomic mass is 10.1. The number of anilines is 1. The van der Waals surface area contributed by atoms with Crippen LogP contribution in [-0.2, 0) is 4.79 Å². The number of aliphatic hydroxyl groups is 1. The standard InChI is InChI=1S/C12H16N2O4/c1-7-3-8(2)5-9(4-7)13-12(18)14-10(6-15)11(16)17/h3-5,10,15H,6H2,1-2H3,(H,16,17)(H2,13,14,18)/t10-/m0/s1. The molecule has 0 fully saturated rings. The first-order chi connectivity index (χ1) is 8.42. The van der Waals surface area contributed by atoms with Crippen molar-refractivity contribution in [1.29, 1.82) is 0 Å². The van der Waals surface area contributed by atoms with Gasteiger partial charge in [0.1, 0.15) is 0 Å². The van der Waals surface area contributed by atoms with Crippen molar-refractivity contribution in [2.45, 2.75) is 19.9 Å². The number of aliphatic carboxylic acids is 1. The average molecular weight is 252 g/mol. The zero-order valence-corrected chi connectivity index (χ0v) is 10.2. The smallest absolute Gasteiger partial charge is 0.328 e. The van der Waals surface area contributed by atoms with Crippen molar-refractivity contribution in [3.63, 3.8) is 0 Å². The van der Waals surface area contributed by atoms with Crippen molar-refractivity contribution >= 4 is 17.7 Å². The van der Waals surface area contributed by atoms with E-state index in [1.165, 1.54) is 0 Å². The van der Waals surface area contributed by atoms with Crippen LogP contribution in [0.5, 0.6) is 0 Å². The van der Waals surface area contributed by atoms with E-state index in [9.17, 15) is 9.59 Å². The fraction of sp³-hybridized carbons (Fsp3) is 0.333. The minimum atomic E-state index is -1.31. The summed E-state index contributed by atoms with van der Waals surface area (Å²) in [4.78, 5) is 22.1. The second-order valence-corrected chi connectivity index (χ2v) is 4.05. The molecule has 0 aliphatic carbocycles. The number of rotatable bonds is 4. The summed E-state index contributed by atoms with van der Waals surface area (Å²) in [6.07, 6.45) is 0.